The molecule has 2 aromatic carbocycles. The molecule has 0 amide bonds. The zero-order valence-corrected chi connectivity index (χ0v) is 12.0. The molecule has 2 rings (SSSR count). The van der Waals surface area contributed by atoms with Crippen molar-refractivity contribution in [2.24, 2.45) is 0 Å². The van der Waals surface area contributed by atoms with Crippen molar-refractivity contribution in [1.82, 2.24) is 0 Å². The van der Waals surface area contributed by atoms with E-state index in [0.717, 1.165) is 16.7 Å². The first-order valence-corrected chi connectivity index (χ1v) is 6.36. The highest BCUT2D eigenvalue weighted by atomic mass is 16.6. The Balaban J connectivity index is 2.44. The molecule has 0 radical (unpaired) electrons. The lowest BCUT2D eigenvalue weighted by atomic mass is 10.1. The van der Waals surface area contributed by atoms with Gasteiger partial charge in [0.1, 0.15) is 23.1 Å². The summed E-state index contributed by atoms with van der Waals surface area (Å²) >= 11 is 0. The topological polar surface area (TPSA) is 76.2 Å². The second-order valence-electron chi connectivity index (χ2n) is 4.85. The molecule has 0 aliphatic carbocycles. The fourth-order valence-electron chi connectivity index (χ4n) is 2.05. The Hall–Kier alpha value is -2.87. The van der Waals surface area contributed by atoms with E-state index in [0.29, 0.717) is 11.5 Å². The average Bonchev–Trinajstić information content (AvgIpc) is 2.44. The van der Waals surface area contributed by atoms with Gasteiger partial charge in [0.15, 0.2) is 0 Å². The number of nitriles is 1. The second-order valence-corrected chi connectivity index (χ2v) is 4.85. The molecule has 5 nitrogen and oxygen atoms in total. The third-order valence-corrected chi connectivity index (χ3v) is 3.28. The molecule has 2 aromatic rings. The summed E-state index contributed by atoms with van der Waals surface area (Å²) in [5, 5.41) is 19.8. The van der Waals surface area contributed by atoms with Gasteiger partial charge in [-0.15, -0.1) is 0 Å². The van der Waals surface area contributed by atoms with Crippen molar-refractivity contribution in [2.45, 2.75) is 20.8 Å². The van der Waals surface area contributed by atoms with Gasteiger partial charge in [0.2, 0.25) is 0 Å². The number of hydrogen-bond acceptors (Lipinski definition) is 4. The predicted molar refractivity (Wildman–Crippen MR) is 78.5 cm³/mol. The largest absolute Gasteiger partial charge is 0.457 e. The molecule has 0 aliphatic rings. The maximum Gasteiger partial charge on any atom is 0.290 e. The number of nitro benzene ring substituents is 1. The van der Waals surface area contributed by atoms with E-state index in [2.05, 4.69) is 0 Å². The highest BCUT2D eigenvalue weighted by Gasteiger charge is 2.15. The van der Waals surface area contributed by atoms with Crippen LogP contribution < -0.4 is 4.74 Å². The van der Waals surface area contributed by atoms with Crippen LogP contribution in [0.25, 0.3) is 0 Å². The van der Waals surface area contributed by atoms with Crippen molar-refractivity contribution in [2.75, 3.05) is 0 Å². The quantitative estimate of drug-likeness (QED) is 0.625. The third kappa shape index (κ3) is 3.00. The van der Waals surface area contributed by atoms with Crippen molar-refractivity contribution in [1.29, 1.82) is 5.26 Å². The maximum atomic E-state index is 11.0. The molecule has 0 fully saturated rings. The fourth-order valence-corrected chi connectivity index (χ4v) is 2.05. The Labute approximate surface area is 122 Å². The molecule has 0 heterocycles. The second kappa shape index (κ2) is 5.63. The number of nitro groups is 1. The first-order valence-electron chi connectivity index (χ1n) is 6.36. The summed E-state index contributed by atoms with van der Waals surface area (Å²) in [5.74, 6) is 1.00. The summed E-state index contributed by atoms with van der Waals surface area (Å²) in [4.78, 5) is 10.4. The third-order valence-electron chi connectivity index (χ3n) is 3.28. The van der Waals surface area contributed by atoms with E-state index in [4.69, 9.17) is 10.00 Å². The molecular formula is C16H14N2O3. The molecule has 5 heteroatoms. The SMILES string of the molecule is Cc1cc(C)c(C)c(Oc2ccc(C#N)c([N+](=O)[O-])c2)c1. The molecule has 106 valence electrons. The number of benzene rings is 2. The lowest BCUT2D eigenvalue weighted by Crippen LogP contribution is -1.95. The van der Waals surface area contributed by atoms with E-state index in [9.17, 15) is 10.1 Å². The average molecular weight is 282 g/mol. The Kier molecular flexibility index (Phi) is 3.90. The Morgan fingerprint density at radius 2 is 1.90 bits per heavy atom. The van der Waals surface area contributed by atoms with Crippen LogP contribution in [0.5, 0.6) is 11.5 Å². The van der Waals surface area contributed by atoms with Gasteiger partial charge < -0.3 is 4.74 Å². The van der Waals surface area contributed by atoms with E-state index in [-0.39, 0.29) is 11.3 Å². The molecule has 0 bridgehead atoms. The number of hydrogen-bond donors (Lipinski definition) is 0. The minimum absolute atomic E-state index is 0.0181. The van der Waals surface area contributed by atoms with Gasteiger partial charge in [0, 0.05) is 0 Å². The molecular weight excluding hydrogens is 268 g/mol. The molecule has 0 aromatic heterocycles. The molecule has 21 heavy (non-hydrogen) atoms. The Bertz CT molecular complexity index is 761. The van der Waals surface area contributed by atoms with Crippen molar-refractivity contribution in [3.05, 3.63) is 62.7 Å². The van der Waals surface area contributed by atoms with Crippen LogP contribution in [0.4, 0.5) is 5.69 Å². The van der Waals surface area contributed by atoms with E-state index in [1.54, 1.807) is 12.1 Å². The lowest BCUT2D eigenvalue weighted by molar-refractivity contribution is -0.385. The minimum Gasteiger partial charge on any atom is -0.457 e. The summed E-state index contributed by atoms with van der Waals surface area (Å²) in [6.45, 7) is 5.87. The van der Waals surface area contributed by atoms with Gasteiger partial charge in [-0.2, -0.15) is 5.26 Å². The van der Waals surface area contributed by atoms with Gasteiger partial charge in [-0.05, 0) is 55.7 Å². The highest BCUT2D eigenvalue weighted by molar-refractivity contribution is 5.53. The van der Waals surface area contributed by atoms with E-state index >= 15 is 0 Å². The number of ether oxygens (including phenoxy) is 1. The molecule has 0 saturated carbocycles. The summed E-state index contributed by atoms with van der Waals surface area (Å²) < 4.78 is 5.75. The molecule has 0 atom stereocenters. The first-order chi connectivity index (χ1) is 9.92. The molecule has 0 aliphatic heterocycles. The van der Waals surface area contributed by atoms with Crippen LogP contribution in [-0.2, 0) is 0 Å². The number of rotatable bonds is 3. The van der Waals surface area contributed by atoms with Gasteiger partial charge in [-0.1, -0.05) is 6.07 Å². The molecule has 0 spiro atoms. The van der Waals surface area contributed by atoms with Crippen LogP contribution in [0.15, 0.2) is 30.3 Å². The monoisotopic (exact) mass is 282 g/mol. The number of aryl methyl sites for hydroxylation is 2. The predicted octanol–water partition coefficient (Wildman–Crippen LogP) is 4.18. The van der Waals surface area contributed by atoms with Crippen LogP contribution in [0.1, 0.15) is 22.3 Å². The summed E-state index contributed by atoms with van der Waals surface area (Å²) in [6, 6.07) is 9.95. The van der Waals surface area contributed by atoms with E-state index in [1.807, 2.05) is 32.9 Å². The maximum absolute atomic E-state index is 11.0. The normalized spacial score (nSPS) is 10.0. The van der Waals surface area contributed by atoms with Gasteiger partial charge in [0.25, 0.3) is 5.69 Å². The van der Waals surface area contributed by atoms with Crippen LogP contribution in [0, 0.1) is 42.2 Å². The van der Waals surface area contributed by atoms with Crippen LogP contribution in [0.2, 0.25) is 0 Å². The van der Waals surface area contributed by atoms with Crippen molar-refractivity contribution < 1.29 is 9.66 Å². The molecule has 0 saturated heterocycles. The van der Waals surface area contributed by atoms with Crippen molar-refractivity contribution in [3.63, 3.8) is 0 Å². The minimum atomic E-state index is -0.584. The van der Waals surface area contributed by atoms with Crippen LogP contribution in [0.3, 0.4) is 0 Å². The van der Waals surface area contributed by atoms with Gasteiger partial charge in [-0.25, -0.2) is 0 Å². The lowest BCUT2D eigenvalue weighted by Gasteiger charge is -2.12. The zero-order chi connectivity index (χ0) is 15.6. The van der Waals surface area contributed by atoms with E-state index in [1.165, 1.54) is 12.1 Å². The Morgan fingerprint density at radius 1 is 1.19 bits per heavy atom. The van der Waals surface area contributed by atoms with Crippen molar-refractivity contribution >= 4 is 5.69 Å². The summed E-state index contributed by atoms with van der Waals surface area (Å²) in [5.41, 5.74) is 2.89. The van der Waals surface area contributed by atoms with Gasteiger partial charge in [-0.3, -0.25) is 10.1 Å². The number of nitrogens with zero attached hydrogens (tertiary/aromatic N) is 2. The molecule has 0 unspecified atom stereocenters. The Morgan fingerprint density at radius 3 is 2.52 bits per heavy atom. The standard InChI is InChI=1S/C16H14N2O3/c1-10-6-11(2)12(3)16(7-10)21-14-5-4-13(9-17)15(8-14)18(19)20/h4-8H,1-3H3. The highest BCUT2D eigenvalue weighted by Crippen LogP contribution is 2.31. The van der Waals surface area contributed by atoms with Gasteiger partial charge in [0.05, 0.1) is 11.0 Å². The van der Waals surface area contributed by atoms with Gasteiger partial charge >= 0.3 is 0 Å². The first kappa shape index (κ1) is 14.5. The summed E-state index contributed by atoms with van der Waals surface area (Å²) in [6.07, 6.45) is 0. The fraction of sp³-hybridized carbons (Fsp3) is 0.188. The zero-order valence-electron chi connectivity index (χ0n) is 12.0. The van der Waals surface area contributed by atoms with Crippen LogP contribution in [-0.4, -0.2) is 4.92 Å². The van der Waals surface area contributed by atoms with E-state index < -0.39 is 4.92 Å². The smallest absolute Gasteiger partial charge is 0.290 e. The summed E-state index contributed by atoms with van der Waals surface area (Å²) in [7, 11) is 0. The van der Waals surface area contributed by atoms with Crippen molar-refractivity contribution in [3.8, 4) is 17.6 Å². The molecule has 0 N–H and O–H groups in total. The van der Waals surface area contributed by atoms with Crippen LogP contribution >= 0.6 is 0 Å².